The summed E-state index contributed by atoms with van der Waals surface area (Å²) >= 11 is 1.96. The molecule has 0 spiro atoms. The molecule has 0 fully saturated rings. The molecule has 0 radical (unpaired) electrons. The van der Waals surface area contributed by atoms with E-state index in [1.54, 1.807) is 13.8 Å². The Labute approximate surface area is 95.0 Å². The van der Waals surface area contributed by atoms with E-state index < -0.39 is 17.3 Å². The van der Waals surface area contributed by atoms with E-state index in [0.29, 0.717) is 9.13 Å². The summed E-state index contributed by atoms with van der Waals surface area (Å²) < 4.78 is 13.4. The Bertz CT molecular complexity index is 379. The molecule has 0 aliphatic carbocycles. The lowest BCUT2D eigenvalue weighted by Gasteiger charge is -2.21. The number of halogens is 2. The molecule has 0 bridgehead atoms. The fraction of sp³-hybridized carbons (Fsp3) is 0.333. The average molecular weight is 308 g/mol. The number of amides is 1. The number of rotatable bonds is 2. The van der Waals surface area contributed by atoms with Gasteiger partial charge in [0.15, 0.2) is 0 Å². The minimum Gasteiger partial charge on any atom is -0.369 e. The number of aromatic nitrogens is 1. The number of primary amides is 1. The summed E-state index contributed by atoms with van der Waals surface area (Å²) in [6, 6.07) is 1.28. The van der Waals surface area contributed by atoms with Crippen LogP contribution in [0.4, 0.5) is 4.39 Å². The van der Waals surface area contributed by atoms with Crippen molar-refractivity contribution in [3.05, 3.63) is 27.3 Å². The minimum absolute atomic E-state index is 0.455. The van der Waals surface area contributed by atoms with Gasteiger partial charge in [-0.3, -0.25) is 4.79 Å². The maximum atomic E-state index is 12.7. The molecule has 1 aromatic rings. The Morgan fingerprint density at radius 2 is 2.21 bits per heavy atom. The van der Waals surface area contributed by atoms with Crippen LogP contribution in [0.2, 0.25) is 0 Å². The van der Waals surface area contributed by atoms with Crippen LogP contribution in [0.1, 0.15) is 19.4 Å². The van der Waals surface area contributed by atoms with Crippen LogP contribution in [0, 0.1) is 9.52 Å². The summed E-state index contributed by atoms with van der Waals surface area (Å²) in [4.78, 5) is 14.7. The van der Waals surface area contributed by atoms with Gasteiger partial charge < -0.3 is 5.73 Å². The molecule has 0 aromatic carbocycles. The molecule has 76 valence electrons. The quantitative estimate of drug-likeness (QED) is 0.666. The predicted molar refractivity (Wildman–Crippen MR) is 59.1 cm³/mol. The highest BCUT2D eigenvalue weighted by molar-refractivity contribution is 14.1. The fourth-order valence-corrected chi connectivity index (χ4v) is 2.07. The van der Waals surface area contributed by atoms with E-state index in [9.17, 15) is 9.18 Å². The number of carbonyl (C=O) groups is 1. The number of carbonyl (C=O) groups excluding carboxylic acids is 1. The van der Waals surface area contributed by atoms with Gasteiger partial charge in [0.25, 0.3) is 0 Å². The summed E-state index contributed by atoms with van der Waals surface area (Å²) in [7, 11) is 0. The van der Waals surface area contributed by atoms with E-state index in [1.807, 2.05) is 22.6 Å². The van der Waals surface area contributed by atoms with Crippen LogP contribution in [-0.2, 0) is 10.2 Å². The molecular weight excluding hydrogens is 298 g/mol. The molecule has 1 rings (SSSR count). The van der Waals surface area contributed by atoms with Crippen molar-refractivity contribution < 1.29 is 9.18 Å². The van der Waals surface area contributed by atoms with Crippen molar-refractivity contribution >= 4 is 28.5 Å². The van der Waals surface area contributed by atoms with Crippen LogP contribution in [0.15, 0.2) is 12.3 Å². The first-order chi connectivity index (χ1) is 6.35. The van der Waals surface area contributed by atoms with Gasteiger partial charge in [-0.15, -0.1) is 0 Å². The second-order valence-electron chi connectivity index (χ2n) is 3.48. The first kappa shape index (κ1) is 11.4. The summed E-state index contributed by atoms with van der Waals surface area (Å²) in [6.07, 6.45) is 1.35. The summed E-state index contributed by atoms with van der Waals surface area (Å²) in [5, 5.41) is 0. The number of hydrogen-bond donors (Lipinski definition) is 1. The molecule has 0 aliphatic heterocycles. The lowest BCUT2D eigenvalue weighted by molar-refractivity contribution is -0.122. The summed E-state index contributed by atoms with van der Waals surface area (Å²) in [5.41, 5.74) is 5.07. The van der Waals surface area contributed by atoms with E-state index in [-0.39, 0.29) is 0 Å². The Hall–Kier alpha value is -0.720. The third kappa shape index (κ3) is 2.02. The van der Waals surface area contributed by atoms with E-state index in [1.165, 1.54) is 12.3 Å². The van der Waals surface area contributed by atoms with Gasteiger partial charge in [0.05, 0.1) is 5.41 Å². The highest BCUT2D eigenvalue weighted by Crippen LogP contribution is 2.26. The van der Waals surface area contributed by atoms with Crippen molar-refractivity contribution in [2.45, 2.75) is 19.3 Å². The molecule has 5 heteroatoms. The summed E-state index contributed by atoms with van der Waals surface area (Å²) in [6.45, 7) is 3.37. The highest BCUT2D eigenvalue weighted by atomic mass is 127. The second-order valence-corrected chi connectivity index (χ2v) is 4.64. The molecule has 14 heavy (non-hydrogen) atoms. The zero-order valence-corrected chi connectivity index (χ0v) is 10.0. The van der Waals surface area contributed by atoms with Gasteiger partial charge in [0.2, 0.25) is 11.9 Å². The standard InChI is InChI=1S/C9H10FIN2O/c1-9(2,8(12)14)5-4-13-7(10)3-6(5)11/h3-4H,1-2H3,(H2,12,14). The van der Waals surface area contributed by atoms with E-state index in [4.69, 9.17) is 5.73 Å². The number of nitrogens with two attached hydrogens (primary N) is 1. The van der Waals surface area contributed by atoms with Gasteiger partial charge in [-0.2, -0.15) is 4.39 Å². The fourth-order valence-electron chi connectivity index (χ4n) is 1.00. The van der Waals surface area contributed by atoms with Crippen LogP contribution in [0.25, 0.3) is 0 Å². The molecule has 0 unspecified atom stereocenters. The van der Waals surface area contributed by atoms with E-state index >= 15 is 0 Å². The Balaban J connectivity index is 3.26. The largest absolute Gasteiger partial charge is 0.369 e. The Morgan fingerprint density at radius 1 is 1.64 bits per heavy atom. The van der Waals surface area contributed by atoms with Crippen molar-refractivity contribution in [3.63, 3.8) is 0 Å². The first-order valence-corrected chi connectivity index (χ1v) is 5.05. The van der Waals surface area contributed by atoms with Gasteiger partial charge in [0.1, 0.15) is 0 Å². The Kier molecular flexibility index (Phi) is 3.08. The maximum Gasteiger partial charge on any atom is 0.227 e. The normalized spacial score (nSPS) is 11.4. The SMILES string of the molecule is CC(C)(C(N)=O)c1cnc(F)cc1I. The Morgan fingerprint density at radius 3 is 2.64 bits per heavy atom. The average Bonchev–Trinajstić information content (AvgIpc) is 2.02. The van der Waals surface area contributed by atoms with Crippen LogP contribution >= 0.6 is 22.6 Å². The van der Waals surface area contributed by atoms with Gasteiger partial charge in [-0.05, 0) is 42.0 Å². The maximum absolute atomic E-state index is 12.7. The third-order valence-corrected chi connectivity index (χ3v) is 3.00. The molecule has 0 atom stereocenters. The monoisotopic (exact) mass is 308 g/mol. The van der Waals surface area contributed by atoms with Crippen LogP contribution in [-0.4, -0.2) is 10.9 Å². The minimum atomic E-state index is -0.822. The molecule has 1 heterocycles. The highest BCUT2D eigenvalue weighted by Gasteiger charge is 2.29. The molecule has 0 aliphatic rings. The molecule has 3 nitrogen and oxygen atoms in total. The predicted octanol–water partition coefficient (Wildman–Crippen LogP) is 1.59. The third-order valence-electron chi connectivity index (χ3n) is 2.11. The number of hydrogen-bond acceptors (Lipinski definition) is 2. The molecule has 2 N–H and O–H groups in total. The number of nitrogens with zero attached hydrogens (tertiary/aromatic N) is 1. The van der Waals surface area contributed by atoms with Crippen molar-refractivity contribution in [1.29, 1.82) is 0 Å². The van der Waals surface area contributed by atoms with Gasteiger partial charge >= 0.3 is 0 Å². The van der Waals surface area contributed by atoms with Gasteiger partial charge in [0, 0.05) is 15.8 Å². The lowest BCUT2D eigenvalue weighted by Crippen LogP contribution is -2.36. The molecule has 0 saturated carbocycles. The van der Waals surface area contributed by atoms with E-state index in [2.05, 4.69) is 4.98 Å². The summed E-state index contributed by atoms with van der Waals surface area (Å²) in [5.74, 6) is -1.01. The van der Waals surface area contributed by atoms with Crippen LogP contribution < -0.4 is 5.73 Å². The zero-order valence-electron chi connectivity index (χ0n) is 7.84. The zero-order chi connectivity index (χ0) is 10.9. The first-order valence-electron chi connectivity index (χ1n) is 3.97. The van der Waals surface area contributed by atoms with Crippen molar-refractivity contribution in [2.24, 2.45) is 5.73 Å². The molecule has 1 amide bonds. The topological polar surface area (TPSA) is 56.0 Å². The van der Waals surface area contributed by atoms with E-state index in [0.717, 1.165) is 0 Å². The molecule has 0 saturated heterocycles. The van der Waals surface area contributed by atoms with Crippen molar-refractivity contribution in [1.82, 2.24) is 4.98 Å². The van der Waals surface area contributed by atoms with Crippen LogP contribution in [0.5, 0.6) is 0 Å². The second kappa shape index (κ2) is 3.80. The van der Waals surface area contributed by atoms with Crippen molar-refractivity contribution in [3.8, 4) is 0 Å². The van der Waals surface area contributed by atoms with Gasteiger partial charge in [-0.1, -0.05) is 0 Å². The van der Waals surface area contributed by atoms with Crippen LogP contribution in [0.3, 0.4) is 0 Å². The number of pyridine rings is 1. The lowest BCUT2D eigenvalue weighted by atomic mass is 9.85. The smallest absolute Gasteiger partial charge is 0.227 e. The van der Waals surface area contributed by atoms with Crippen molar-refractivity contribution in [2.75, 3.05) is 0 Å². The molecule has 1 aromatic heterocycles. The van der Waals surface area contributed by atoms with Gasteiger partial charge in [-0.25, -0.2) is 4.98 Å². The molecular formula is C9H10FIN2O.